The molecule has 2 nitrogen and oxygen atoms in total. The summed E-state index contributed by atoms with van der Waals surface area (Å²) in [6.45, 7) is 9.97. The summed E-state index contributed by atoms with van der Waals surface area (Å²) < 4.78 is 0. The molecule has 2 fully saturated rings. The zero-order valence-electron chi connectivity index (χ0n) is 9.16. The van der Waals surface area contributed by atoms with Crippen molar-refractivity contribution in [1.29, 1.82) is 0 Å². The molecule has 2 atom stereocenters. The summed E-state index contributed by atoms with van der Waals surface area (Å²) >= 11 is 0. The number of hydrogen-bond donors (Lipinski definition) is 0. The van der Waals surface area contributed by atoms with Gasteiger partial charge in [-0.3, -0.25) is 0 Å². The van der Waals surface area contributed by atoms with Gasteiger partial charge in [-0.05, 0) is 45.7 Å². The Morgan fingerprint density at radius 2 is 1.77 bits per heavy atom. The first kappa shape index (κ1) is 9.47. The highest BCUT2D eigenvalue weighted by molar-refractivity contribution is 4.89. The van der Waals surface area contributed by atoms with Gasteiger partial charge in [-0.15, -0.1) is 0 Å². The standard InChI is InChI=1S/C11H22N2/c1-9(2)13-5-4-10-6-12(3)7-11(10)8-13/h9-11H,4-8H2,1-3H3. The van der Waals surface area contributed by atoms with Gasteiger partial charge < -0.3 is 9.80 Å². The first-order valence-electron chi connectivity index (χ1n) is 5.59. The Morgan fingerprint density at radius 3 is 2.46 bits per heavy atom. The Balaban J connectivity index is 1.93. The van der Waals surface area contributed by atoms with Crippen molar-refractivity contribution in [3.05, 3.63) is 0 Å². The van der Waals surface area contributed by atoms with Crippen LogP contribution in [0.5, 0.6) is 0 Å². The van der Waals surface area contributed by atoms with E-state index in [2.05, 4.69) is 30.7 Å². The van der Waals surface area contributed by atoms with Gasteiger partial charge in [0, 0.05) is 25.7 Å². The van der Waals surface area contributed by atoms with Crippen molar-refractivity contribution in [1.82, 2.24) is 9.80 Å². The molecule has 2 heteroatoms. The summed E-state index contributed by atoms with van der Waals surface area (Å²) in [4.78, 5) is 5.14. The molecule has 0 bridgehead atoms. The predicted molar refractivity (Wildman–Crippen MR) is 55.8 cm³/mol. The van der Waals surface area contributed by atoms with Crippen LogP contribution in [0.25, 0.3) is 0 Å². The van der Waals surface area contributed by atoms with Crippen LogP contribution in [0.4, 0.5) is 0 Å². The molecule has 2 heterocycles. The van der Waals surface area contributed by atoms with E-state index < -0.39 is 0 Å². The fraction of sp³-hybridized carbons (Fsp3) is 1.00. The largest absolute Gasteiger partial charge is 0.306 e. The van der Waals surface area contributed by atoms with Crippen LogP contribution >= 0.6 is 0 Å². The number of rotatable bonds is 1. The van der Waals surface area contributed by atoms with Crippen LogP contribution in [0.15, 0.2) is 0 Å². The first-order valence-corrected chi connectivity index (χ1v) is 5.59. The second-order valence-electron chi connectivity index (χ2n) is 5.12. The molecule has 0 aromatic carbocycles. The SMILES string of the molecule is CC(C)N1CCC2CN(C)CC2C1. The van der Waals surface area contributed by atoms with Crippen molar-refractivity contribution >= 4 is 0 Å². The summed E-state index contributed by atoms with van der Waals surface area (Å²) in [5.41, 5.74) is 0. The second kappa shape index (κ2) is 3.58. The summed E-state index contributed by atoms with van der Waals surface area (Å²) in [7, 11) is 2.26. The van der Waals surface area contributed by atoms with Crippen molar-refractivity contribution < 1.29 is 0 Å². The molecule has 0 radical (unpaired) electrons. The summed E-state index contributed by atoms with van der Waals surface area (Å²) in [5, 5.41) is 0. The van der Waals surface area contributed by atoms with E-state index in [1.54, 1.807) is 0 Å². The zero-order chi connectivity index (χ0) is 9.42. The summed E-state index contributed by atoms with van der Waals surface area (Å²) in [5.74, 6) is 1.96. The van der Waals surface area contributed by atoms with E-state index in [0.717, 1.165) is 17.9 Å². The fourth-order valence-electron chi connectivity index (χ4n) is 2.90. The molecular weight excluding hydrogens is 160 g/mol. The van der Waals surface area contributed by atoms with E-state index >= 15 is 0 Å². The Labute approximate surface area is 81.9 Å². The molecule has 0 aliphatic carbocycles. The van der Waals surface area contributed by atoms with E-state index in [-0.39, 0.29) is 0 Å². The monoisotopic (exact) mass is 182 g/mol. The summed E-state index contributed by atoms with van der Waals surface area (Å²) in [6, 6.07) is 0.742. The molecule has 2 aliphatic heterocycles. The molecule has 2 unspecified atom stereocenters. The smallest absolute Gasteiger partial charge is 0.00387 e. The minimum absolute atomic E-state index is 0.742. The maximum absolute atomic E-state index is 2.64. The molecule has 13 heavy (non-hydrogen) atoms. The van der Waals surface area contributed by atoms with E-state index in [1.165, 1.54) is 32.6 Å². The van der Waals surface area contributed by atoms with Crippen molar-refractivity contribution in [3.63, 3.8) is 0 Å². The molecule has 2 saturated heterocycles. The van der Waals surface area contributed by atoms with Gasteiger partial charge in [-0.1, -0.05) is 0 Å². The van der Waals surface area contributed by atoms with Crippen LogP contribution < -0.4 is 0 Å². The maximum Gasteiger partial charge on any atom is 0.00387 e. The lowest BCUT2D eigenvalue weighted by atomic mass is 9.88. The van der Waals surface area contributed by atoms with Crippen molar-refractivity contribution in [2.24, 2.45) is 11.8 Å². The molecule has 2 rings (SSSR count). The molecule has 76 valence electrons. The third-order valence-electron chi connectivity index (χ3n) is 3.75. The predicted octanol–water partition coefficient (Wildman–Crippen LogP) is 1.28. The fourth-order valence-corrected chi connectivity index (χ4v) is 2.90. The maximum atomic E-state index is 2.64. The van der Waals surface area contributed by atoms with Gasteiger partial charge in [0.1, 0.15) is 0 Å². The minimum atomic E-state index is 0.742. The first-order chi connectivity index (χ1) is 6.16. The van der Waals surface area contributed by atoms with Crippen LogP contribution in [0.1, 0.15) is 20.3 Å². The Morgan fingerprint density at radius 1 is 1.08 bits per heavy atom. The van der Waals surface area contributed by atoms with Crippen molar-refractivity contribution in [2.45, 2.75) is 26.3 Å². The summed E-state index contributed by atoms with van der Waals surface area (Å²) in [6.07, 6.45) is 1.42. The van der Waals surface area contributed by atoms with Crippen LogP contribution in [0.2, 0.25) is 0 Å². The number of likely N-dealkylation sites (tertiary alicyclic amines) is 2. The molecular formula is C11H22N2. The molecule has 0 aromatic heterocycles. The van der Waals surface area contributed by atoms with Gasteiger partial charge in [-0.25, -0.2) is 0 Å². The van der Waals surface area contributed by atoms with Gasteiger partial charge in [-0.2, -0.15) is 0 Å². The third kappa shape index (κ3) is 1.89. The molecule has 0 N–H and O–H groups in total. The lowest BCUT2D eigenvalue weighted by molar-refractivity contribution is 0.118. The Kier molecular flexibility index (Phi) is 2.61. The van der Waals surface area contributed by atoms with Gasteiger partial charge in [0.2, 0.25) is 0 Å². The number of hydrogen-bond acceptors (Lipinski definition) is 2. The highest BCUT2D eigenvalue weighted by Gasteiger charge is 2.35. The highest BCUT2D eigenvalue weighted by atomic mass is 15.2. The quantitative estimate of drug-likeness (QED) is 0.603. The van der Waals surface area contributed by atoms with Crippen LogP contribution in [0.3, 0.4) is 0 Å². The average molecular weight is 182 g/mol. The van der Waals surface area contributed by atoms with E-state index in [0.29, 0.717) is 0 Å². The van der Waals surface area contributed by atoms with Crippen LogP contribution in [0, 0.1) is 11.8 Å². The Bertz CT molecular complexity index is 179. The normalized spacial score (nSPS) is 36.9. The average Bonchev–Trinajstić information content (AvgIpc) is 2.42. The van der Waals surface area contributed by atoms with Gasteiger partial charge in [0.25, 0.3) is 0 Å². The van der Waals surface area contributed by atoms with Crippen molar-refractivity contribution in [2.75, 3.05) is 33.2 Å². The molecule has 0 amide bonds. The lowest BCUT2D eigenvalue weighted by Gasteiger charge is -2.36. The topological polar surface area (TPSA) is 6.48 Å². The number of nitrogens with zero attached hydrogens (tertiary/aromatic N) is 2. The van der Waals surface area contributed by atoms with E-state index in [4.69, 9.17) is 0 Å². The van der Waals surface area contributed by atoms with Crippen LogP contribution in [-0.2, 0) is 0 Å². The van der Waals surface area contributed by atoms with Crippen LogP contribution in [-0.4, -0.2) is 49.1 Å². The molecule has 0 saturated carbocycles. The number of fused-ring (bicyclic) bond motifs is 1. The van der Waals surface area contributed by atoms with E-state index in [9.17, 15) is 0 Å². The second-order valence-corrected chi connectivity index (χ2v) is 5.12. The minimum Gasteiger partial charge on any atom is -0.306 e. The number of piperidine rings is 1. The third-order valence-corrected chi connectivity index (χ3v) is 3.75. The van der Waals surface area contributed by atoms with E-state index in [1.807, 2.05) is 0 Å². The zero-order valence-corrected chi connectivity index (χ0v) is 9.16. The molecule has 0 aromatic rings. The van der Waals surface area contributed by atoms with Gasteiger partial charge in [0.05, 0.1) is 0 Å². The highest BCUT2D eigenvalue weighted by Crippen LogP contribution is 2.30. The van der Waals surface area contributed by atoms with Crippen molar-refractivity contribution in [3.8, 4) is 0 Å². The van der Waals surface area contributed by atoms with Gasteiger partial charge in [0.15, 0.2) is 0 Å². The molecule has 0 spiro atoms. The molecule has 2 aliphatic rings. The lowest BCUT2D eigenvalue weighted by Crippen LogP contribution is -2.43. The Hall–Kier alpha value is -0.0800. The van der Waals surface area contributed by atoms with Gasteiger partial charge >= 0.3 is 0 Å².